The van der Waals surface area contributed by atoms with Crippen molar-refractivity contribution in [2.45, 2.75) is 6.10 Å². The van der Waals surface area contributed by atoms with Crippen molar-refractivity contribution in [1.82, 2.24) is 0 Å². The van der Waals surface area contributed by atoms with Crippen molar-refractivity contribution in [2.75, 3.05) is 20.1 Å². The fourth-order valence-electron chi connectivity index (χ4n) is 1.62. The number of aliphatic hydroxyl groups excluding tert-OH is 1. The van der Waals surface area contributed by atoms with E-state index in [0.29, 0.717) is 0 Å². The van der Waals surface area contributed by atoms with Crippen LogP contribution in [0.5, 0.6) is 0 Å². The number of aliphatic hydroxyl groups is 1. The molecule has 0 radical (unpaired) electrons. The third-order valence-corrected chi connectivity index (χ3v) is 3.10. The van der Waals surface area contributed by atoms with Crippen molar-refractivity contribution in [3.05, 3.63) is 23.8 Å². The number of methoxy groups -OCH3 is 2. The van der Waals surface area contributed by atoms with E-state index in [1.165, 1.54) is 32.4 Å². The molecule has 0 bridgehead atoms. The van der Waals surface area contributed by atoms with Crippen LogP contribution in [0, 0.1) is 5.41 Å². The summed E-state index contributed by atoms with van der Waals surface area (Å²) in [6, 6.07) is 0. The Hall–Kier alpha value is -1.33. The molecule has 0 aromatic carbocycles. The van der Waals surface area contributed by atoms with Crippen LogP contribution in [0.4, 0.5) is 0 Å². The van der Waals surface area contributed by atoms with Crippen LogP contribution in [0.1, 0.15) is 0 Å². The molecule has 1 aliphatic rings. The Morgan fingerprint density at radius 3 is 2.59 bits per heavy atom. The molecule has 0 aliphatic heterocycles. The summed E-state index contributed by atoms with van der Waals surface area (Å²) < 4.78 is 9.12. The predicted octanol–water partition coefficient (Wildman–Crippen LogP) is 0.415. The molecule has 0 aromatic rings. The van der Waals surface area contributed by atoms with Gasteiger partial charge in [0.05, 0.1) is 19.8 Å². The summed E-state index contributed by atoms with van der Waals surface area (Å²) in [4.78, 5) is 23.1. The van der Waals surface area contributed by atoms with E-state index in [0.717, 1.165) is 0 Å². The molecule has 5 nitrogen and oxygen atoms in total. The van der Waals surface area contributed by atoms with Crippen molar-refractivity contribution >= 4 is 23.5 Å². The van der Waals surface area contributed by atoms with Crippen molar-refractivity contribution in [3.8, 4) is 0 Å². The van der Waals surface area contributed by atoms with Gasteiger partial charge in [0.2, 0.25) is 0 Å². The lowest BCUT2D eigenvalue weighted by Crippen LogP contribution is -2.47. The molecule has 94 valence electrons. The van der Waals surface area contributed by atoms with Gasteiger partial charge in [0.1, 0.15) is 11.5 Å². The minimum atomic E-state index is -1.45. The first-order valence-electron chi connectivity index (χ1n) is 4.83. The predicted molar refractivity (Wildman–Crippen MR) is 60.4 cm³/mol. The summed E-state index contributed by atoms with van der Waals surface area (Å²) in [7, 11) is 2.38. The number of carbonyl (C=O) groups is 2. The Bertz CT molecular complexity index is 387. The minimum absolute atomic E-state index is 0.0268. The van der Waals surface area contributed by atoms with Gasteiger partial charge in [-0.25, -0.2) is 4.79 Å². The Morgan fingerprint density at radius 1 is 1.47 bits per heavy atom. The Kier molecular flexibility index (Phi) is 4.31. The highest BCUT2D eigenvalue weighted by Gasteiger charge is 2.48. The highest BCUT2D eigenvalue weighted by Crippen LogP contribution is 2.35. The average Bonchev–Trinajstić information content (AvgIpc) is 2.37. The number of allylic oxidation sites excluding steroid dienone is 2. The molecule has 2 unspecified atom stereocenters. The second-order valence-corrected chi connectivity index (χ2v) is 3.81. The first kappa shape index (κ1) is 13.7. The van der Waals surface area contributed by atoms with Gasteiger partial charge in [-0.3, -0.25) is 4.79 Å². The monoisotopic (exact) mass is 260 g/mol. The van der Waals surface area contributed by atoms with Gasteiger partial charge in [0.25, 0.3) is 0 Å². The van der Waals surface area contributed by atoms with Gasteiger partial charge in [-0.15, -0.1) is 11.6 Å². The van der Waals surface area contributed by atoms with Gasteiger partial charge in [-0.2, -0.15) is 0 Å². The summed E-state index contributed by atoms with van der Waals surface area (Å²) in [5.41, 5.74) is -1.48. The van der Waals surface area contributed by atoms with Gasteiger partial charge in [-0.1, -0.05) is 12.2 Å². The van der Waals surface area contributed by atoms with Crippen LogP contribution in [-0.4, -0.2) is 43.2 Å². The topological polar surface area (TPSA) is 72.8 Å². The van der Waals surface area contributed by atoms with Crippen LogP contribution >= 0.6 is 11.6 Å². The molecule has 0 amide bonds. The number of ether oxygens (including phenoxy) is 2. The third-order valence-electron chi connectivity index (χ3n) is 2.66. The number of esters is 2. The Morgan fingerprint density at radius 2 is 2.12 bits per heavy atom. The van der Waals surface area contributed by atoms with Crippen LogP contribution in [0.2, 0.25) is 0 Å². The zero-order valence-corrected chi connectivity index (χ0v) is 10.2. The number of carbonyl (C=O) groups excluding carboxylic acids is 2. The number of rotatable bonds is 3. The molecule has 0 aromatic heterocycles. The van der Waals surface area contributed by atoms with E-state index < -0.39 is 23.5 Å². The first-order chi connectivity index (χ1) is 8.03. The quantitative estimate of drug-likeness (QED) is 0.588. The van der Waals surface area contributed by atoms with E-state index in [1.54, 1.807) is 0 Å². The molecule has 0 saturated heterocycles. The molecular formula is C11H13ClO5. The molecule has 1 aliphatic carbocycles. The number of halogens is 1. The normalized spacial score (nSPS) is 27.3. The fraction of sp³-hybridized carbons (Fsp3) is 0.455. The van der Waals surface area contributed by atoms with E-state index in [1.807, 2.05) is 0 Å². The minimum Gasteiger partial charge on any atom is -0.468 e. The smallest absolute Gasteiger partial charge is 0.336 e. The third kappa shape index (κ3) is 2.21. The van der Waals surface area contributed by atoms with E-state index in [9.17, 15) is 14.7 Å². The van der Waals surface area contributed by atoms with Gasteiger partial charge in [0.15, 0.2) is 0 Å². The van der Waals surface area contributed by atoms with Crippen LogP contribution in [0.25, 0.3) is 0 Å². The highest BCUT2D eigenvalue weighted by molar-refractivity contribution is 6.20. The highest BCUT2D eigenvalue weighted by atomic mass is 35.5. The van der Waals surface area contributed by atoms with Gasteiger partial charge in [0, 0.05) is 5.88 Å². The molecule has 17 heavy (non-hydrogen) atoms. The first-order valence-corrected chi connectivity index (χ1v) is 5.37. The molecule has 6 heteroatoms. The zero-order valence-electron chi connectivity index (χ0n) is 9.47. The second-order valence-electron chi connectivity index (χ2n) is 3.54. The van der Waals surface area contributed by atoms with Gasteiger partial charge >= 0.3 is 11.9 Å². The fourth-order valence-corrected chi connectivity index (χ4v) is 1.97. The van der Waals surface area contributed by atoms with Gasteiger partial charge < -0.3 is 14.6 Å². The van der Waals surface area contributed by atoms with Crippen molar-refractivity contribution in [3.63, 3.8) is 0 Å². The van der Waals surface area contributed by atoms with Crippen molar-refractivity contribution < 1.29 is 24.2 Å². The maximum atomic E-state index is 11.7. The van der Waals surface area contributed by atoms with E-state index in [2.05, 4.69) is 9.47 Å². The Balaban J connectivity index is 3.15. The molecule has 1 N–H and O–H groups in total. The lowest BCUT2D eigenvalue weighted by atomic mass is 9.77. The summed E-state index contributed by atoms with van der Waals surface area (Å²) in [5, 5.41) is 10.1. The average molecular weight is 261 g/mol. The van der Waals surface area contributed by atoms with Crippen molar-refractivity contribution in [1.29, 1.82) is 0 Å². The lowest BCUT2D eigenvalue weighted by molar-refractivity contribution is -0.154. The summed E-state index contributed by atoms with van der Waals surface area (Å²) in [6.45, 7) is 0. The number of hydrogen-bond acceptors (Lipinski definition) is 5. The molecule has 0 saturated carbocycles. The molecule has 1 rings (SSSR count). The second kappa shape index (κ2) is 5.33. The molecule has 2 atom stereocenters. The maximum absolute atomic E-state index is 11.7. The molecule has 0 fully saturated rings. The summed E-state index contributed by atoms with van der Waals surface area (Å²) in [6.07, 6.45) is 2.88. The van der Waals surface area contributed by atoms with Crippen LogP contribution in [0.15, 0.2) is 23.8 Å². The molecule has 0 spiro atoms. The summed E-state index contributed by atoms with van der Waals surface area (Å²) in [5.74, 6) is -1.61. The SMILES string of the molecule is COC(=O)C1=CC=CC(CCl)(C(=O)OC)C1O. The van der Waals surface area contributed by atoms with Crippen molar-refractivity contribution in [2.24, 2.45) is 5.41 Å². The molecule has 0 heterocycles. The maximum Gasteiger partial charge on any atom is 0.336 e. The van der Waals surface area contributed by atoms with Crippen LogP contribution in [-0.2, 0) is 19.1 Å². The standard InChI is InChI=1S/C11H13ClO5/c1-16-9(14)7-4-3-5-11(6-12,8(7)13)10(15)17-2/h3-5,8,13H,6H2,1-2H3. The van der Waals surface area contributed by atoms with E-state index in [-0.39, 0.29) is 11.5 Å². The largest absolute Gasteiger partial charge is 0.468 e. The van der Waals surface area contributed by atoms with E-state index in [4.69, 9.17) is 11.6 Å². The number of hydrogen-bond donors (Lipinski definition) is 1. The Labute approximate surface area is 104 Å². The van der Waals surface area contributed by atoms with Crippen LogP contribution < -0.4 is 0 Å². The zero-order chi connectivity index (χ0) is 13.1. The number of alkyl halides is 1. The molecular weight excluding hydrogens is 248 g/mol. The summed E-state index contributed by atoms with van der Waals surface area (Å²) >= 11 is 5.73. The van der Waals surface area contributed by atoms with Gasteiger partial charge in [-0.05, 0) is 6.08 Å². The van der Waals surface area contributed by atoms with Crippen LogP contribution in [0.3, 0.4) is 0 Å². The van der Waals surface area contributed by atoms with E-state index >= 15 is 0 Å². The lowest BCUT2D eigenvalue weighted by Gasteiger charge is -2.33.